The lowest BCUT2D eigenvalue weighted by Crippen LogP contribution is -2.28. The molecule has 1 aromatic heterocycles. The molecule has 2 heterocycles. The standard InChI is InChI=1S/C11H16N2O3/c14-10(15)4-3-9-7-13-11(16-9)8-2-1-5-12-6-8/h7-8,12H,1-6H2,(H,14,15). The van der Waals surface area contributed by atoms with Crippen LogP contribution in [0.25, 0.3) is 0 Å². The van der Waals surface area contributed by atoms with E-state index in [1.54, 1.807) is 6.20 Å². The third-order valence-electron chi connectivity index (χ3n) is 2.80. The van der Waals surface area contributed by atoms with Gasteiger partial charge >= 0.3 is 5.97 Å². The summed E-state index contributed by atoms with van der Waals surface area (Å²) < 4.78 is 5.56. The zero-order valence-corrected chi connectivity index (χ0v) is 9.11. The molecular formula is C11H16N2O3. The number of oxazole rings is 1. The highest BCUT2D eigenvalue weighted by Gasteiger charge is 2.20. The fourth-order valence-corrected chi connectivity index (χ4v) is 1.92. The first-order valence-corrected chi connectivity index (χ1v) is 5.63. The topological polar surface area (TPSA) is 75.4 Å². The average molecular weight is 224 g/mol. The van der Waals surface area contributed by atoms with Crippen molar-refractivity contribution in [3.8, 4) is 0 Å². The van der Waals surface area contributed by atoms with Crippen LogP contribution in [0.2, 0.25) is 0 Å². The summed E-state index contributed by atoms with van der Waals surface area (Å²) in [6, 6.07) is 0. The van der Waals surface area contributed by atoms with E-state index in [0.29, 0.717) is 18.1 Å². The number of aromatic nitrogens is 1. The van der Waals surface area contributed by atoms with Crippen LogP contribution >= 0.6 is 0 Å². The maximum absolute atomic E-state index is 10.4. The second-order valence-corrected chi connectivity index (χ2v) is 4.10. The molecule has 2 N–H and O–H groups in total. The van der Waals surface area contributed by atoms with Crippen LogP contribution in [0.5, 0.6) is 0 Å². The Kier molecular flexibility index (Phi) is 3.56. The van der Waals surface area contributed by atoms with E-state index in [1.807, 2.05) is 0 Å². The van der Waals surface area contributed by atoms with E-state index in [-0.39, 0.29) is 6.42 Å². The van der Waals surface area contributed by atoms with Crippen molar-refractivity contribution in [3.05, 3.63) is 17.8 Å². The number of hydrogen-bond acceptors (Lipinski definition) is 4. The van der Waals surface area contributed by atoms with Crippen molar-refractivity contribution in [3.63, 3.8) is 0 Å². The Bertz CT molecular complexity index is 356. The highest BCUT2D eigenvalue weighted by Crippen LogP contribution is 2.23. The molecule has 0 amide bonds. The highest BCUT2D eigenvalue weighted by atomic mass is 16.4. The first kappa shape index (κ1) is 11.1. The van der Waals surface area contributed by atoms with Gasteiger partial charge in [-0.1, -0.05) is 0 Å². The summed E-state index contributed by atoms with van der Waals surface area (Å²) in [6.45, 7) is 1.96. The minimum absolute atomic E-state index is 0.0948. The summed E-state index contributed by atoms with van der Waals surface area (Å²) in [5, 5.41) is 11.9. The van der Waals surface area contributed by atoms with Crippen molar-refractivity contribution < 1.29 is 14.3 Å². The van der Waals surface area contributed by atoms with Crippen LogP contribution in [0.1, 0.15) is 36.8 Å². The lowest BCUT2D eigenvalue weighted by molar-refractivity contribution is -0.137. The summed E-state index contributed by atoms with van der Waals surface area (Å²) in [7, 11) is 0. The van der Waals surface area contributed by atoms with Crippen LogP contribution in [-0.2, 0) is 11.2 Å². The van der Waals surface area contributed by atoms with Crippen LogP contribution in [0.3, 0.4) is 0 Å². The molecule has 1 saturated heterocycles. The van der Waals surface area contributed by atoms with E-state index in [2.05, 4.69) is 10.3 Å². The highest BCUT2D eigenvalue weighted by molar-refractivity contribution is 5.66. The fourth-order valence-electron chi connectivity index (χ4n) is 1.92. The van der Waals surface area contributed by atoms with Gasteiger partial charge < -0.3 is 14.8 Å². The second-order valence-electron chi connectivity index (χ2n) is 4.10. The third-order valence-corrected chi connectivity index (χ3v) is 2.80. The van der Waals surface area contributed by atoms with Crippen molar-refractivity contribution in [1.29, 1.82) is 0 Å². The van der Waals surface area contributed by atoms with Gasteiger partial charge in [0.1, 0.15) is 5.76 Å². The number of nitrogens with one attached hydrogen (secondary N) is 1. The van der Waals surface area contributed by atoms with Crippen LogP contribution in [0.15, 0.2) is 10.6 Å². The SMILES string of the molecule is O=C(O)CCc1cnc(C2CCCNC2)o1. The molecule has 1 aliphatic rings. The van der Waals surface area contributed by atoms with E-state index in [1.165, 1.54) is 0 Å². The molecule has 0 aromatic carbocycles. The maximum atomic E-state index is 10.4. The van der Waals surface area contributed by atoms with Gasteiger partial charge in [0.15, 0.2) is 5.89 Å². The van der Waals surface area contributed by atoms with Crippen molar-refractivity contribution in [2.75, 3.05) is 13.1 Å². The average Bonchev–Trinajstić information content (AvgIpc) is 2.76. The Hall–Kier alpha value is -1.36. The number of carboxylic acid groups (broad SMARTS) is 1. The summed E-state index contributed by atoms with van der Waals surface area (Å²) in [5.41, 5.74) is 0. The number of nitrogens with zero attached hydrogens (tertiary/aromatic N) is 1. The number of hydrogen-bond donors (Lipinski definition) is 2. The number of aliphatic carboxylic acids is 1. The third kappa shape index (κ3) is 2.82. The molecule has 1 fully saturated rings. The van der Waals surface area contributed by atoms with Crippen molar-refractivity contribution in [2.45, 2.75) is 31.6 Å². The number of aryl methyl sites for hydroxylation is 1. The number of carbonyl (C=O) groups is 1. The predicted molar refractivity (Wildman–Crippen MR) is 57.3 cm³/mol. The monoisotopic (exact) mass is 224 g/mol. The van der Waals surface area contributed by atoms with Gasteiger partial charge in [-0.3, -0.25) is 4.79 Å². The molecule has 88 valence electrons. The molecule has 0 saturated carbocycles. The smallest absolute Gasteiger partial charge is 0.303 e. The number of rotatable bonds is 4. The number of carboxylic acids is 1. The lowest BCUT2D eigenvalue weighted by atomic mass is 10.00. The molecule has 0 bridgehead atoms. The molecular weight excluding hydrogens is 208 g/mol. The van der Waals surface area contributed by atoms with Crippen molar-refractivity contribution in [2.24, 2.45) is 0 Å². The Morgan fingerprint density at radius 1 is 1.69 bits per heavy atom. The molecule has 1 aliphatic heterocycles. The van der Waals surface area contributed by atoms with E-state index >= 15 is 0 Å². The maximum Gasteiger partial charge on any atom is 0.303 e. The quantitative estimate of drug-likeness (QED) is 0.802. The van der Waals surface area contributed by atoms with Crippen LogP contribution in [0, 0.1) is 0 Å². The van der Waals surface area contributed by atoms with Gasteiger partial charge in [0.25, 0.3) is 0 Å². The molecule has 0 aliphatic carbocycles. The van der Waals surface area contributed by atoms with E-state index in [0.717, 1.165) is 31.8 Å². The van der Waals surface area contributed by atoms with Crippen LogP contribution < -0.4 is 5.32 Å². The van der Waals surface area contributed by atoms with Gasteiger partial charge in [0, 0.05) is 18.9 Å². The molecule has 2 rings (SSSR count). The predicted octanol–water partition coefficient (Wildman–Crippen LogP) is 1.16. The minimum atomic E-state index is -0.808. The summed E-state index contributed by atoms with van der Waals surface area (Å²) in [4.78, 5) is 14.6. The van der Waals surface area contributed by atoms with Crippen molar-refractivity contribution >= 4 is 5.97 Å². The van der Waals surface area contributed by atoms with Gasteiger partial charge in [-0.05, 0) is 19.4 Å². The first-order chi connectivity index (χ1) is 7.75. The largest absolute Gasteiger partial charge is 0.481 e. The van der Waals surface area contributed by atoms with Gasteiger partial charge in [-0.2, -0.15) is 0 Å². The molecule has 5 nitrogen and oxygen atoms in total. The Balaban J connectivity index is 1.93. The summed E-state index contributed by atoms with van der Waals surface area (Å²) >= 11 is 0. The Morgan fingerprint density at radius 3 is 3.25 bits per heavy atom. The fraction of sp³-hybridized carbons (Fsp3) is 0.636. The van der Waals surface area contributed by atoms with Crippen LogP contribution in [0.4, 0.5) is 0 Å². The zero-order chi connectivity index (χ0) is 11.4. The molecule has 1 aromatic rings. The van der Waals surface area contributed by atoms with Crippen molar-refractivity contribution in [1.82, 2.24) is 10.3 Å². The molecule has 0 radical (unpaired) electrons. The molecule has 1 unspecified atom stereocenters. The minimum Gasteiger partial charge on any atom is -0.481 e. The van der Waals surface area contributed by atoms with E-state index < -0.39 is 5.97 Å². The Labute approximate surface area is 93.9 Å². The zero-order valence-electron chi connectivity index (χ0n) is 9.11. The molecule has 0 spiro atoms. The van der Waals surface area contributed by atoms with Gasteiger partial charge in [-0.25, -0.2) is 4.98 Å². The number of piperidine rings is 1. The Morgan fingerprint density at radius 2 is 2.56 bits per heavy atom. The lowest BCUT2D eigenvalue weighted by Gasteiger charge is -2.19. The van der Waals surface area contributed by atoms with Gasteiger partial charge in [-0.15, -0.1) is 0 Å². The normalized spacial score (nSPS) is 20.9. The van der Waals surface area contributed by atoms with Gasteiger partial charge in [0.05, 0.1) is 12.6 Å². The molecule has 16 heavy (non-hydrogen) atoms. The second kappa shape index (κ2) is 5.12. The van der Waals surface area contributed by atoms with Crippen LogP contribution in [-0.4, -0.2) is 29.1 Å². The summed E-state index contributed by atoms with van der Waals surface area (Å²) in [5.74, 6) is 0.945. The van der Waals surface area contributed by atoms with Gasteiger partial charge in [0.2, 0.25) is 0 Å². The van der Waals surface area contributed by atoms with E-state index in [4.69, 9.17) is 9.52 Å². The first-order valence-electron chi connectivity index (χ1n) is 5.63. The molecule has 5 heteroatoms. The molecule has 1 atom stereocenters. The van der Waals surface area contributed by atoms with E-state index in [9.17, 15) is 4.79 Å². The summed E-state index contributed by atoms with van der Waals surface area (Å²) in [6.07, 6.45) is 4.39.